The molecule has 8 nitrogen and oxygen atoms in total. The molecule has 0 radical (unpaired) electrons. The van der Waals surface area contributed by atoms with Gasteiger partial charge in [0.15, 0.2) is 5.82 Å². The zero-order valence-corrected chi connectivity index (χ0v) is 18.5. The molecule has 11 heteroatoms. The van der Waals surface area contributed by atoms with Gasteiger partial charge in [0, 0.05) is 32.1 Å². The molecule has 0 unspecified atom stereocenters. The van der Waals surface area contributed by atoms with Crippen molar-refractivity contribution in [2.75, 3.05) is 30.7 Å². The first-order chi connectivity index (χ1) is 15.3. The fourth-order valence-electron chi connectivity index (χ4n) is 3.21. The number of aromatic amines is 1. The molecule has 1 saturated heterocycles. The molecule has 160 valence electrons. The van der Waals surface area contributed by atoms with E-state index in [2.05, 4.69) is 35.6 Å². The Morgan fingerprint density at radius 1 is 1.13 bits per heavy atom. The number of halogens is 1. The number of imidazole rings is 1. The quantitative estimate of drug-likeness (QED) is 0.249. The summed E-state index contributed by atoms with van der Waals surface area (Å²) >= 11 is 1.56. The van der Waals surface area contributed by atoms with Gasteiger partial charge in [-0.05, 0) is 24.5 Å². The van der Waals surface area contributed by atoms with E-state index >= 15 is 0 Å². The predicted octanol–water partition coefficient (Wildman–Crippen LogP) is 2.45. The molecule has 4 aromatic heterocycles. The number of hydrogen-bond donors (Lipinski definition) is 3. The Kier molecular flexibility index (Phi) is 6.11. The molecule has 1 aliphatic rings. The van der Waals surface area contributed by atoms with Crippen LogP contribution in [0.5, 0.6) is 0 Å². The van der Waals surface area contributed by atoms with Gasteiger partial charge >= 0.3 is 0 Å². The van der Waals surface area contributed by atoms with E-state index in [0.717, 1.165) is 41.6 Å². The first kappa shape index (κ1) is 20.4. The number of thiazole rings is 1. The number of aromatic nitrogens is 6. The molecule has 5 rings (SSSR count). The van der Waals surface area contributed by atoms with Gasteiger partial charge in [0.25, 0.3) is 0 Å². The highest BCUT2D eigenvalue weighted by Gasteiger charge is 2.24. The first-order valence-corrected chi connectivity index (χ1v) is 12.7. The summed E-state index contributed by atoms with van der Waals surface area (Å²) in [7, 11) is 0.109. The van der Waals surface area contributed by atoms with Crippen molar-refractivity contribution in [3.8, 4) is 0 Å². The predicted molar refractivity (Wildman–Crippen MR) is 122 cm³/mol. The van der Waals surface area contributed by atoms with Crippen LogP contribution < -0.4 is 16.1 Å². The maximum atomic E-state index is 13.8. The summed E-state index contributed by atoms with van der Waals surface area (Å²) in [6.45, 7) is 1.94. The van der Waals surface area contributed by atoms with Crippen molar-refractivity contribution in [3.05, 3.63) is 53.2 Å². The summed E-state index contributed by atoms with van der Waals surface area (Å²) < 4.78 is 13.8. The maximum absolute atomic E-state index is 13.8. The third-order valence-corrected chi connectivity index (χ3v) is 7.78. The van der Waals surface area contributed by atoms with Crippen LogP contribution in [0.15, 0.2) is 30.9 Å². The van der Waals surface area contributed by atoms with E-state index in [1.807, 2.05) is 6.20 Å². The molecule has 1 aliphatic heterocycles. The zero-order valence-electron chi connectivity index (χ0n) is 16.8. The number of hydrogen-bond acceptors (Lipinski definition) is 8. The van der Waals surface area contributed by atoms with E-state index in [1.54, 1.807) is 23.6 Å². The number of fused-ring (bicyclic) bond motifs is 1. The molecule has 0 atom stereocenters. The molecule has 0 amide bonds. The van der Waals surface area contributed by atoms with Crippen LogP contribution in [0, 0.1) is 5.82 Å². The Morgan fingerprint density at radius 2 is 2.03 bits per heavy atom. The topological polar surface area (TPSA) is 104 Å². The molecular weight excluding hydrogens is 434 g/mol. The summed E-state index contributed by atoms with van der Waals surface area (Å²) in [4.78, 5) is 26.1. The van der Waals surface area contributed by atoms with Crippen molar-refractivity contribution in [1.82, 2.24) is 35.2 Å². The van der Waals surface area contributed by atoms with Gasteiger partial charge in [0.2, 0.25) is 0 Å². The van der Waals surface area contributed by atoms with Gasteiger partial charge in [-0.15, -0.1) is 0 Å². The number of rotatable bonds is 10. The number of nitrogens with one attached hydrogen (secondary N) is 3. The Morgan fingerprint density at radius 3 is 2.90 bits per heavy atom. The van der Waals surface area contributed by atoms with E-state index in [9.17, 15) is 4.39 Å². The standard InChI is InChI=1S/C20H22FN8PS/c21-13-2-1-5-23-14(13)10-25-19-18-20(27-12-26-19)31-17(29-18)4-7-22-6-3-15-24-11-16(28-15)30-8-9-30/h1-2,5,11-12,22H,3-4,6-10H2,(H,24,28)(H,25,26,27). The lowest BCUT2D eigenvalue weighted by atomic mass is 10.3. The van der Waals surface area contributed by atoms with E-state index in [-0.39, 0.29) is 20.3 Å². The van der Waals surface area contributed by atoms with Crippen LogP contribution in [-0.4, -0.2) is 55.3 Å². The van der Waals surface area contributed by atoms with E-state index in [0.29, 0.717) is 17.0 Å². The fraction of sp³-hybridized carbons (Fsp3) is 0.350. The minimum Gasteiger partial charge on any atom is -0.362 e. The third kappa shape index (κ3) is 5.03. The number of anilines is 1. The zero-order chi connectivity index (χ0) is 21.0. The van der Waals surface area contributed by atoms with E-state index < -0.39 is 0 Å². The number of H-pyrrole nitrogens is 1. The highest BCUT2D eigenvalue weighted by atomic mass is 32.1. The first-order valence-electron chi connectivity index (χ1n) is 10.2. The van der Waals surface area contributed by atoms with Crippen LogP contribution >= 0.6 is 19.3 Å². The average Bonchev–Trinajstić information content (AvgIpc) is 3.37. The molecule has 0 bridgehead atoms. The van der Waals surface area contributed by atoms with Crippen LogP contribution in [0.3, 0.4) is 0 Å². The van der Waals surface area contributed by atoms with Crippen molar-refractivity contribution >= 4 is 40.9 Å². The SMILES string of the molecule is Fc1cccnc1CNc1ncnc2sc(CCNCCc3ncc(P4CC4)[nH]3)nc12. The Balaban J connectivity index is 1.13. The summed E-state index contributed by atoms with van der Waals surface area (Å²) in [5.74, 6) is 1.31. The van der Waals surface area contributed by atoms with Crippen LogP contribution in [0.1, 0.15) is 16.5 Å². The summed E-state index contributed by atoms with van der Waals surface area (Å²) in [5, 5.41) is 7.58. The summed E-state index contributed by atoms with van der Waals surface area (Å²) in [6, 6.07) is 2.97. The molecule has 31 heavy (non-hydrogen) atoms. The van der Waals surface area contributed by atoms with Gasteiger partial charge < -0.3 is 15.6 Å². The molecule has 3 N–H and O–H groups in total. The molecule has 0 spiro atoms. The highest BCUT2D eigenvalue weighted by molar-refractivity contribution is 7.72. The summed E-state index contributed by atoms with van der Waals surface area (Å²) in [5.41, 5.74) is 2.40. The lowest BCUT2D eigenvalue weighted by molar-refractivity contribution is 0.602. The van der Waals surface area contributed by atoms with Gasteiger partial charge in [-0.25, -0.2) is 24.3 Å². The van der Waals surface area contributed by atoms with Gasteiger partial charge in [-0.1, -0.05) is 19.3 Å². The number of pyridine rings is 1. The van der Waals surface area contributed by atoms with Gasteiger partial charge in [-0.3, -0.25) is 4.98 Å². The van der Waals surface area contributed by atoms with Crippen molar-refractivity contribution in [1.29, 1.82) is 0 Å². The van der Waals surface area contributed by atoms with Gasteiger partial charge in [-0.2, -0.15) is 0 Å². The maximum Gasteiger partial charge on any atom is 0.157 e. The van der Waals surface area contributed by atoms with Crippen LogP contribution in [-0.2, 0) is 19.4 Å². The lowest BCUT2D eigenvalue weighted by Crippen LogP contribution is -2.20. The third-order valence-electron chi connectivity index (χ3n) is 4.95. The van der Waals surface area contributed by atoms with Crippen molar-refractivity contribution < 1.29 is 4.39 Å². The summed E-state index contributed by atoms with van der Waals surface area (Å²) in [6.07, 6.45) is 9.47. The molecule has 4 aromatic rings. The second-order valence-corrected chi connectivity index (χ2v) is 10.7. The minimum atomic E-state index is -0.343. The molecule has 1 fully saturated rings. The average molecular weight is 456 g/mol. The minimum absolute atomic E-state index is 0.109. The smallest absolute Gasteiger partial charge is 0.157 e. The number of nitrogens with zero attached hydrogens (tertiary/aromatic N) is 5. The Hall–Kier alpha value is -2.55. The van der Waals surface area contributed by atoms with Crippen molar-refractivity contribution in [2.45, 2.75) is 19.4 Å². The van der Waals surface area contributed by atoms with E-state index in [1.165, 1.54) is 30.2 Å². The van der Waals surface area contributed by atoms with Crippen molar-refractivity contribution in [2.24, 2.45) is 0 Å². The second kappa shape index (κ2) is 9.30. The van der Waals surface area contributed by atoms with Gasteiger partial charge in [0.05, 0.1) is 28.9 Å². The van der Waals surface area contributed by atoms with Crippen LogP contribution in [0.4, 0.5) is 10.2 Å². The van der Waals surface area contributed by atoms with Gasteiger partial charge in [0.1, 0.15) is 28.3 Å². The highest BCUT2D eigenvalue weighted by Crippen LogP contribution is 2.48. The Bertz CT molecular complexity index is 1170. The molecule has 0 aliphatic carbocycles. The molecular formula is C20H22FN8PS. The lowest BCUT2D eigenvalue weighted by Gasteiger charge is -2.05. The monoisotopic (exact) mass is 456 g/mol. The molecule has 5 heterocycles. The van der Waals surface area contributed by atoms with Crippen LogP contribution in [0.25, 0.3) is 10.3 Å². The fourth-order valence-corrected chi connectivity index (χ4v) is 5.50. The molecule has 0 saturated carbocycles. The largest absolute Gasteiger partial charge is 0.362 e. The van der Waals surface area contributed by atoms with Crippen LogP contribution in [0.2, 0.25) is 0 Å². The Labute approximate surface area is 183 Å². The second-order valence-electron chi connectivity index (χ2n) is 7.22. The van der Waals surface area contributed by atoms with Crippen molar-refractivity contribution in [3.63, 3.8) is 0 Å². The van der Waals surface area contributed by atoms with E-state index in [4.69, 9.17) is 4.98 Å². The molecule has 0 aromatic carbocycles. The normalized spacial score (nSPS) is 13.7.